The number of halogens is 1. The van der Waals surface area contributed by atoms with Crippen LogP contribution in [-0.4, -0.2) is 44.7 Å². The number of nitrogens with one attached hydrogen (secondary N) is 3. The zero-order chi connectivity index (χ0) is 20.5. The fraction of sp³-hybridized carbons (Fsp3) is 0.364. The fourth-order valence-corrected chi connectivity index (χ4v) is 3.41. The second kappa shape index (κ2) is 11.0. The molecule has 0 saturated carbocycles. The predicted octanol–water partition coefficient (Wildman–Crippen LogP) is 1.19. The predicted molar refractivity (Wildman–Crippen MR) is 112 cm³/mol. The summed E-state index contributed by atoms with van der Waals surface area (Å²) in [5.74, 6) is -0.303. The lowest BCUT2D eigenvalue weighted by Crippen LogP contribution is -3.12. The third-order valence-corrected chi connectivity index (χ3v) is 5.23. The maximum absolute atomic E-state index is 12.2. The molecule has 7 heteroatoms. The van der Waals surface area contributed by atoms with Crippen LogP contribution in [0, 0.1) is 0 Å². The highest BCUT2D eigenvalue weighted by Gasteiger charge is 2.16. The lowest BCUT2D eigenvalue weighted by molar-refractivity contribution is -0.921. The molecule has 2 amide bonds. The number of benzene rings is 2. The maximum Gasteiger partial charge on any atom is 0.251 e. The van der Waals surface area contributed by atoms with Gasteiger partial charge in [-0.2, -0.15) is 0 Å². The average Bonchev–Trinajstić information content (AvgIpc) is 2.74. The summed E-state index contributed by atoms with van der Waals surface area (Å²) in [5.41, 5.74) is 2.90. The molecule has 1 aliphatic heterocycles. The first-order chi connectivity index (χ1) is 14.1. The smallest absolute Gasteiger partial charge is 0.251 e. The van der Waals surface area contributed by atoms with E-state index in [1.54, 1.807) is 24.3 Å². The summed E-state index contributed by atoms with van der Waals surface area (Å²) in [7, 11) is 0. The summed E-state index contributed by atoms with van der Waals surface area (Å²) >= 11 is 5.82. The molecule has 0 aliphatic carbocycles. The molecule has 0 atom stereocenters. The Kier molecular flexibility index (Phi) is 8.04. The van der Waals surface area contributed by atoms with E-state index in [4.69, 9.17) is 16.3 Å². The molecule has 3 N–H and O–H groups in total. The van der Waals surface area contributed by atoms with Crippen LogP contribution in [-0.2, 0) is 22.6 Å². The second-order valence-electron chi connectivity index (χ2n) is 7.10. The van der Waals surface area contributed by atoms with E-state index < -0.39 is 0 Å². The van der Waals surface area contributed by atoms with Crippen LogP contribution >= 0.6 is 11.6 Å². The Balaban J connectivity index is 1.42. The molecule has 0 unspecified atom stereocenters. The first kappa shape index (κ1) is 21.3. The molecule has 0 spiro atoms. The van der Waals surface area contributed by atoms with E-state index in [1.807, 2.05) is 12.1 Å². The lowest BCUT2D eigenvalue weighted by atomic mass is 10.1. The number of ether oxygens (including phenoxy) is 1. The average molecular weight is 417 g/mol. The molecule has 0 radical (unpaired) electrons. The van der Waals surface area contributed by atoms with Gasteiger partial charge in [-0.25, -0.2) is 0 Å². The summed E-state index contributed by atoms with van der Waals surface area (Å²) in [6.07, 6.45) is 0.232. The molecule has 29 heavy (non-hydrogen) atoms. The molecule has 1 heterocycles. The van der Waals surface area contributed by atoms with Gasteiger partial charge in [0.05, 0.1) is 13.2 Å². The van der Waals surface area contributed by atoms with E-state index in [-0.39, 0.29) is 24.8 Å². The van der Waals surface area contributed by atoms with Gasteiger partial charge in [-0.15, -0.1) is 0 Å². The Morgan fingerprint density at radius 1 is 0.966 bits per heavy atom. The molecule has 1 saturated heterocycles. The molecule has 154 valence electrons. The zero-order valence-electron chi connectivity index (χ0n) is 16.4. The van der Waals surface area contributed by atoms with E-state index in [9.17, 15) is 9.59 Å². The second-order valence-corrected chi connectivity index (χ2v) is 7.53. The van der Waals surface area contributed by atoms with Crippen molar-refractivity contribution in [2.24, 2.45) is 0 Å². The van der Waals surface area contributed by atoms with Crippen LogP contribution in [0.25, 0.3) is 0 Å². The van der Waals surface area contributed by atoms with Gasteiger partial charge < -0.3 is 20.3 Å². The fourth-order valence-electron chi connectivity index (χ4n) is 3.28. The van der Waals surface area contributed by atoms with E-state index >= 15 is 0 Å². The number of carbonyl (C=O) groups is 2. The Morgan fingerprint density at radius 3 is 2.38 bits per heavy atom. The Bertz CT molecular complexity index is 820. The summed E-state index contributed by atoms with van der Waals surface area (Å²) in [6.45, 7) is 5.33. The molecule has 0 bridgehead atoms. The van der Waals surface area contributed by atoms with Crippen LogP contribution in [0.1, 0.15) is 27.9 Å². The summed E-state index contributed by atoms with van der Waals surface area (Å²) in [4.78, 5) is 25.7. The van der Waals surface area contributed by atoms with Crippen molar-refractivity contribution in [3.8, 4) is 0 Å². The molecule has 2 aromatic rings. The minimum Gasteiger partial charge on any atom is -0.370 e. The molecular formula is C22H27ClN3O3+. The molecule has 6 nitrogen and oxygen atoms in total. The Hall–Kier alpha value is -2.41. The quantitative estimate of drug-likeness (QED) is 0.605. The number of morpholine rings is 1. The van der Waals surface area contributed by atoms with Gasteiger partial charge in [0.2, 0.25) is 5.91 Å². The van der Waals surface area contributed by atoms with Crippen molar-refractivity contribution in [2.45, 2.75) is 19.5 Å². The minimum absolute atomic E-state index is 0.0880. The van der Waals surface area contributed by atoms with Gasteiger partial charge in [-0.05, 0) is 29.8 Å². The molecular weight excluding hydrogens is 390 g/mol. The molecule has 2 aromatic carbocycles. The third-order valence-electron chi connectivity index (χ3n) is 4.98. The highest BCUT2D eigenvalue weighted by Crippen LogP contribution is 2.09. The normalized spacial score (nSPS) is 14.4. The van der Waals surface area contributed by atoms with Crippen molar-refractivity contribution < 1.29 is 19.2 Å². The van der Waals surface area contributed by atoms with Crippen molar-refractivity contribution in [2.75, 3.05) is 32.8 Å². The van der Waals surface area contributed by atoms with Crippen LogP contribution in [0.3, 0.4) is 0 Å². The van der Waals surface area contributed by atoms with E-state index in [2.05, 4.69) is 22.8 Å². The largest absolute Gasteiger partial charge is 0.370 e. The monoisotopic (exact) mass is 416 g/mol. The number of carbonyl (C=O) groups excluding carboxylic acids is 2. The van der Waals surface area contributed by atoms with Gasteiger partial charge in [0.25, 0.3) is 5.91 Å². The Morgan fingerprint density at radius 2 is 1.66 bits per heavy atom. The van der Waals surface area contributed by atoms with Crippen LogP contribution in [0.4, 0.5) is 0 Å². The molecule has 3 rings (SSSR count). The van der Waals surface area contributed by atoms with Crippen molar-refractivity contribution in [1.82, 2.24) is 10.6 Å². The van der Waals surface area contributed by atoms with Crippen molar-refractivity contribution in [3.05, 3.63) is 70.2 Å². The van der Waals surface area contributed by atoms with Crippen molar-refractivity contribution in [1.29, 1.82) is 0 Å². The number of hydrogen-bond acceptors (Lipinski definition) is 3. The first-order valence-electron chi connectivity index (χ1n) is 9.90. The molecule has 1 aliphatic rings. The van der Waals surface area contributed by atoms with Crippen LogP contribution in [0.2, 0.25) is 5.02 Å². The Labute approximate surface area is 176 Å². The maximum atomic E-state index is 12.2. The first-order valence-corrected chi connectivity index (χ1v) is 10.3. The highest BCUT2D eigenvalue weighted by molar-refractivity contribution is 6.30. The SMILES string of the molecule is O=C(CCNC(=O)c1ccc(Cl)cc1)NCc1ccccc1C[NH+]1CCOCC1. The lowest BCUT2D eigenvalue weighted by Gasteiger charge is -2.24. The van der Waals surface area contributed by atoms with Gasteiger partial charge in [-0.3, -0.25) is 9.59 Å². The van der Waals surface area contributed by atoms with Gasteiger partial charge in [0.1, 0.15) is 19.6 Å². The van der Waals surface area contributed by atoms with Crippen molar-refractivity contribution >= 4 is 23.4 Å². The number of quaternary nitrogens is 1. The van der Waals surface area contributed by atoms with Crippen LogP contribution < -0.4 is 15.5 Å². The minimum atomic E-state index is -0.215. The van der Waals surface area contributed by atoms with Gasteiger partial charge in [0.15, 0.2) is 0 Å². The molecule has 0 aromatic heterocycles. The third kappa shape index (κ3) is 6.85. The summed E-state index contributed by atoms with van der Waals surface area (Å²) < 4.78 is 5.42. The topological polar surface area (TPSA) is 71.9 Å². The standard InChI is InChI=1S/C22H26ClN3O3/c23-20-7-5-17(6-8-20)22(28)24-10-9-21(27)25-15-18-3-1-2-4-19(18)16-26-11-13-29-14-12-26/h1-8H,9-16H2,(H,24,28)(H,25,27)/p+1. The van der Waals surface area contributed by atoms with Gasteiger partial charge >= 0.3 is 0 Å². The number of amides is 2. The van der Waals surface area contributed by atoms with Crippen LogP contribution in [0.5, 0.6) is 0 Å². The summed E-state index contributed by atoms with van der Waals surface area (Å²) in [6, 6.07) is 14.8. The van der Waals surface area contributed by atoms with E-state index in [1.165, 1.54) is 10.5 Å². The van der Waals surface area contributed by atoms with Gasteiger partial charge in [0, 0.05) is 35.7 Å². The summed E-state index contributed by atoms with van der Waals surface area (Å²) in [5, 5.41) is 6.29. The van der Waals surface area contributed by atoms with E-state index in [0.29, 0.717) is 17.1 Å². The van der Waals surface area contributed by atoms with Crippen LogP contribution in [0.15, 0.2) is 48.5 Å². The molecule has 1 fully saturated rings. The number of hydrogen-bond donors (Lipinski definition) is 3. The van der Waals surface area contributed by atoms with Crippen molar-refractivity contribution in [3.63, 3.8) is 0 Å². The van der Waals surface area contributed by atoms with E-state index in [0.717, 1.165) is 38.4 Å². The zero-order valence-corrected chi connectivity index (χ0v) is 17.1. The van der Waals surface area contributed by atoms with Gasteiger partial charge in [-0.1, -0.05) is 35.9 Å². The highest BCUT2D eigenvalue weighted by atomic mass is 35.5. The number of rotatable bonds is 8.